The molecule has 0 bridgehead atoms. The largest absolute Gasteiger partial charge is 0.490 e. The molecule has 1 aromatic carbocycles. The molecule has 0 spiro atoms. The second-order valence-electron chi connectivity index (χ2n) is 9.86. The zero-order valence-corrected chi connectivity index (χ0v) is 19.9. The molecule has 180 valence electrons. The van der Waals surface area contributed by atoms with Crippen LogP contribution in [0.5, 0.6) is 5.75 Å². The third-order valence-corrected chi connectivity index (χ3v) is 6.85. The number of aryl methyl sites for hydroxylation is 2. The number of β-amino-alcohol motifs (C(OH)–C–C–N with tert-alkyl or cyclic N) is 2. The Labute approximate surface area is 192 Å². The molecule has 1 saturated heterocycles. The summed E-state index contributed by atoms with van der Waals surface area (Å²) in [6.07, 6.45) is 5.96. The van der Waals surface area contributed by atoms with Crippen LogP contribution in [0.4, 0.5) is 0 Å². The minimum atomic E-state index is -1.25. The Kier molecular flexibility index (Phi) is 8.55. The van der Waals surface area contributed by atoms with E-state index in [-0.39, 0.29) is 25.7 Å². The van der Waals surface area contributed by atoms with Gasteiger partial charge in [0.25, 0.3) is 0 Å². The lowest BCUT2D eigenvalue weighted by molar-refractivity contribution is -0.138. The number of hydrogen-bond donors (Lipinski definition) is 2. The summed E-state index contributed by atoms with van der Waals surface area (Å²) in [4.78, 5) is 16.3. The van der Waals surface area contributed by atoms with E-state index in [1.165, 1.54) is 12.7 Å². The van der Waals surface area contributed by atoms with Crippen LogP contribution in [-0.4, -0.2) is 90.2 Å². The van der Waals surface area contributed by atoms with Crippen LogP contribution >= 0.6 is 0 Å². The molecular weight excluding hydrogens is 408 g/mol. The summed E-state index contributed by atoms with van der Waals surface area (Å²) >= 11 is 0. The topological polar surface area (TPSA) is 82.5 Å². The third-order valence-electron chi connectivity index (χ3n) is 6.85. The van der Waals surface area contributed by atoms with E-state index in [9.17, 15) is 15.0 Å². The van der Waals surface area contributed by atoms with Crippen LogP contribution in [-0.2, 0) is 9.53 Å². The molecular formula is C25H40N2O5. The first kappa shape index (κ1) is 25.0. The Morgan fingerprint density at radius 2 is 1.72 bits per heavy atom. The molecule has 1 aliphatic carbocycles. The third kappa shape index (κ3) is 6.91. The molecule has 1 saturated carbocycles. The van der Waals surface area contributed by atoms with Crippen molar-refractivity contribution in [3.05, 3.63) is 29.3 Å². The quantitative estimate of drug-likeness (QED) is 0.623. The molecule has 7 nitrogen and oxygen atoms in total. The first-order valence-electron chi connectivity index (χ1n) is 11.9. The lowest BCUT2D eigenvalue weighted by Crippen LogP contribution is -2.54. The van der Waals surface area contributed by atoms with E-state index in [0.29, 0.717) is 31.9 Å². The first-order chi connectivity index (χ1) is 15.2. The molecule has 1 amide bonds. The van der Waals surface area contributed by atoms with Gasteiger partial charge in [-0.25, -0.2) is 0 Å². The first-order valence-corrected chi connectivity index (χ1v) is 11.9. The van der Waals surface area contributed by atoms with Gasteiger partial charge < -0.3 is 24.6 Å². The molecule has 7 heteroatoms. The van der Waals surface area contributed by atoms with Gasteiger partial charge in [-0.2, -0.15) is 0 Å². The molecule has 1 heterocycles. The molecule has 1 aliphatic heterocycles. The van der Waals surface area contributed by atoms with Gasteiger partial charge in [-0.1, -0.05) is 31.7 Å². The number of ether oxygens (including phenoxy) is 2. The van der Waals surface area contributed by atoms with E-state index in [1.54, 1.807) is 4.90 Å². The summed E-state index contributed by atoms with van der Waals surface area (Å²) in [7, 11) is 1.50. The van der Waals surface area contributed by atoms with Crippen LogP contribution < -0.4 is 4.74 Å². The molecule has 0 radical (unpaired) electrons. The van der Waals surface area contributed by atoms with Gasteiger partial charge in [0.15, 0.2) is 0 Å². The fraction of sp³-hybridized carbons (Fsp3) is 0.720. The van der Waals surface area contributed by atoms with Crippen molar-refractivity contribution in [2.75, 3.05) is 53.0 Å². The molecule has 32 heavy (non-hydrogen) atoms. The highest BCUT2D eigenvalue weighted by Gasteiger charge is 2.40. The molecule has 2 aliphatic rings. The summed E-state index contributed by atoms with van der Waals surface area (Å²) in [5, 5.41) is 22.8. The SMILES string of the molecule is COCC(=O)N1CCN(CC2(O)CCCCCC2)CC(O)(COc2ccc(C)c(C)c2)C1. The van der Waals surface area contributed by atoms with Crippen molar-refractivity contribution >= 4 is 5.91 Å². The Balaban J connectivity index is 1.74. The van der Waals surface area contributed by atoms with Gasteiger partial charge in [0, 0.05) is 33.3 Å². The Hall–Kier alpha value is -1.67. The van der Waals surface area contributed by atoms with Gasteiger partial charge in [0.1, 0.15) is 24.6 Å². The van der Waals surface area contributed by atoms with Crippen molar-refractivity contribution in [2.45, 2.75) is 63.6 Å². The minimum Gasteiger partial charge on any atom is -0.490 e. The fourth-order valence-corrected chi connectivity index (χ4v) is 4.88. The van der Waals surface area contributed by atoms with E-state index >= 15 is 0 Å². The van der Waals surface area contributed by atoms with Gasteiger partial charge >= 0.3 is 0 Å². The molecule has 2 N–H and O–H groups in total. The number of benzene rings is 1. The van der Waals surface area contributed by atoms with E-state index < -0.39 is 11.2 Å². The number of rotatable bonds is 7. The minimum absolute atomic E-state index is 0.0158. The highest BCUT2D eigenvalue weighted by atomic mass is 16.5. The van der Waals surface area contributed by atoms with Gasteiger partial charge in [-0.05, 0) is 49.9 Å². The maximum atomic E-state index is 12.6. The summed E-state index contributed by atoms with van der Waals surface area (Å²) < 4.78 is 11.0. The van der Waals surface area contributed by atoms with E-state index in [4.69, 9.17) is 9.47 Å². The predicted molar refractivity (Wildman–Crippen MR) is 124 cm³/mol. The molecule has 2 fully saturated rings. The van der Waals surface area contributed by atoms with E-state index in [0.717, 1.165) is 44.1 Å². The molecule has 3 rings (SSSR count). The van der Waals surface area contributed by atoms with Gasteiger partial charge in [0.2, 0.25) is 5.91 Å². The van der Waals surface area contributed by atoms with Crippen LogP contribution in [0.3, 0.4) is 0 Å². The van der Waals surface area contributed by atoms with Crippen molar-refractivity contribution in [1.82, 2.24) is 9.80 Å². The summed E-state index contributed by atoms with van der Waals surface area (Å²) in [6, 6.07) is 5.88. The monoisotopic (exact) mass is 448 g/mol. The summed E-state index contributed by atoms with van der Waals surface area (Å²) in [6.45, 7) is 6.25. The number of carbonyl (C=O) groups excluding carboxylic acids is 1. The zero-order chi connectivity index (χ0) is 23.2. The van der Waals surface area contributed by atoms with Gasteiger partial charge in [-0.3, -0.25) is 9.69 Å². The smallest absolute Gasteiger partial charge is 0.248 e. The molecule has 0 aromatic heterocycles. The van der Waals surface area contributed by atoms with Crippen LogP contribution in [0.25, 0.3) is 0 Å². The Morgan fingerprint density at radius 3 is 2.38 bits per heavy atom. The van der Waals surface area contributed by atoms with Crippen LogP contribution in [0.1, 0.15) is 49.7 Å². The van der Waals surface area contributed by atoms with Crippen molar-refractivity contribution < 1.29 is 24.5 Å². The maximum Gasteiger partial charge on any atom is 0.248 e. The maximum absolute atomic E-state index is 12.6. The van der Waals surface area contributed by atoms with Crippen LogP contribution in [0.2, 0.25) is 0 Å². The summed E-state index contributed by atoms with van der Waals surface area (Å²) in [5.74, 6) is 0.557. The number of amides is 1. The standard InChI is InChI=1S/C25H40N2O5/c1-20-8-9-22(14-21(20)2)32-19-25(30)17-26(12-13-27(18-25)23(28)15-31-3)16-24(29)10-6-4-5-7-11-24/h8-9,14,29-30H,4-7,10-13,15-19H2,1-3H3. The normalized spacial score (nSPS) is 24.6. The zero-order valence-electron chi connectivity index (χ0n) is 19.9. The molecule has 1 atom stereocenters. The van der Waals surface area contributed by atoms with Crippen molar-refractivity contribution in [1.29, 1.82) is 0 Å². The Morgan fingerprint density at radius 1 is 1.00 bits per heavy atom. The van der Waals surface area contributed by atoms with Crippen molar-refractivity contribution in [2.24, 2.45) is 0 Å². The second-order valence-corrected chi connectivity index (χ2v) is 9.86. The summed E-state index contributed by atoms with van der Waals surface area (Å²) in [5.41, 5.74) is 0.326. The Bertz CT molecular complexity index is 763. The highest BCUT2D eigenvalue weighted by molar-refractivity contribution is 5.77. The number of carbonyl (C=O) groups is 1. The predicted octanol–water partition coefficient (Wildman–Crippen LogP) is 2.29. The number of aliphatic hydroxyl groups is 2. The number of methoxy groups -OCH3 is 1. The van der Waals surface area contributed by atoms with Crippen LogP contribution in [0.15, 0.2) is 18.2 Å². The van der Waals surface area contributed by atoms with Gasteiger partial charge in [-0.15, -0.1) is 0 Å². The van der Waals surface area contributed by atoms with Crippen molar-refractivity contribution in [3.63, 3.8) is 0 Å². The average Bonchev–Trinajstić information content (AvgIpc) is 3.05. The highest BCUT2D eigenvalue weighted by Crippen LogP contribution is 2.29. The number of hydrogen-bond acceptors (Lipinski definition) is 6. The lowest BCUT2D eigenvalue weighted by Gasteiger charge is -2.36. The molecule has 1 aromatic rings. The van der Waals surface area contributed by atoms with E-state index in [2.05, 4.69) is 4.90 Å². The van der Waals surface area contributed by atoms with Crippen LogP contribution in [0, 0.1) is 13.8 Å². The second kappa shape index (κ2) is 11.0. The lowest BCUT2D eigenvalue weighted by atomic mass is 9.93. The average molecular weight is 449 g/mol. The molecule has 1 unspecified atom stereocenters. The van der Waals surface area contributed by atoms with Crippen molar-refractivity contribution in [3.8, 4) is 5.75 Å². The van der Waals surface area contributed by atoms with Gasteiger partial charge in [0.05, 0.1) is 12.1 Å². The number of nitrogens with zero attached hydrogens (tertiary/aromatic N) is 2. The van der Waals surface area contributed by atoms with E-state index in [1.807, 2.05) is 32.0 Å². The fourth-order valence-electron chi connectivity index (χ4n) is 4.88.